The second kappa shape index (κ2) is 83.2. The minimum absolute atomic E-state index is 0. The van der Waals surface area contributed by atoms with Gasteiger partial charge in [-0.15, -0.1) is 48.8 Å². The maximum atomic E-state index is 9.53. The molecule has 0 atom stereocenters. The first kappa shape index (κ1) is 77.3. The van der Waals surface area contributed by atoms with Crippen molar-refractivity contribution in [1.82, 2.24) is 0 Å². The zero-order valence-electron chi connectivity index (χ0n) is 27.6. The predicted octanol–water partition coefficient (Wildman–Crippen LogP) is -4.01. The molecule has 0 bridgehead atoms. The van der Waals surface area contributed by atoms with Gasteiger partial charge in [-0.3, -0.25) is 0 Å². The Morgan fingerprint density at radius 3 is 0.211 bits per heavy atom. The van der Waals surface area contributed by atoms with Gasteiger partial charge in [0.15, 0.2) is 0 Å². The van der Waals surface area contributed by atoms with Gasteiger partial charge >= 0.3 is 44.8 Å². The molecule has 0 aromatic rings. The molecule has 0 fully saturated rings. The third-order valence-corrected chi connectivity index (χ3v) is 0. The standard InChI is InChI=1S/8C3H7O.2CH3O.2Ta/c8*1-3(2)4;2*1-2;;/h8*3H,1-2H3;2*1H3;;/q10*-1;2*+5. The summed E-state index contributed by atoms with van der Waals surface area (Å²) in [5.41, 5.74) is 0. The number of hydrogen-bond acceptors (Lipinski definition) is 10. The third-order valence-electron chi connectivity index (χ3n) is 0. The van der Waals surface area contributed by atoms with Crippen molar-refractivity contribution in [3.63, 3.8) is 0 Å². The summed E-state index contributed by atoms with van der Waals surface area (Å²) in [5.74, 6) is 0. The quantitative estimate of drug-likeness (QED) is 0.229. The van der Waals surface area contributed by atoms with Gasteiger partial charge in [0, 0.05) is 0 Å². The molecule has 236 valence electrons. The molecule has 0 aromatic heterocycles. The molecule has 38 heavy (non-hydrogen) atoms. The smallest absolute Gasteiger partial charge is 0.857 e. The van der Waals surface area contributed by atoms with Gasteiger partial charge in [0.25, 0.3) is 0 Å². The molecule has 0 radical (unpaired) electrons. The van der Waals surface area contributed by atoms with E-state index in [4.69, 9.17) is 10.2 Å². The van der Waals surface area contributed by atoms with Crippen molar-refractivity contribution >= 4 is 0 Å². The van der Waals surface area contributed by atoms with Crippen molar-refractivity contribution < 1.29 is 95.8 Å². The summed E-state index contributed by atoms with van der Waals surface area (Å²) in [5, 5.41) is 92.7. The van der Waals surface area contributed by atoms with Crippen molar-refractivity contribution in [3.05, 3.63) is 0 Å². The maximum Gasteiger partial charge on any atom is 5.00 e. The Hall–Kier alpha value is 1.08. The van der Waals surface area contributed by atoms with E-state index in [9.17, 15) is 40.9 Å². The Bertz CT molecular complexity index is 152. The van der Waals surface area contributed by atoms with Crippen LogP contribution in [-0.2, 0) is 44.8 Å². The van der Waals surface area contributed by atoms with Crippen LogP contribution >= 0.6 is 0 Å². The van der Waals surface area contributed by atoms with Gasteiger partial charge in [0.2, 0.25) is 0 Å². The van der Waals surface area contributed by atoms with Crippen LogP contribution in [0.25, 0.3) is 0 Å². The van der Waals surface area contributed by atoms with Crippen LogP contribution in [0, 0.1) is 0 Å². The van der Waals surface area contributed by atoms with Crippen LogP contribution in [-0.4, -0.2) is 63.1 Å². The van der Waals surface area contributed by atoms with Crippen LogP contribution < -0.4 is 51.1 Å². The summed E-state index contributed by atoms with van der Waals surface area (Å²) < 4.78 is 0. The van der Waals surface area contributed by atoms with Gasteiger partial charge in [0.1, 0.15) is 0 Å². The Kier molecular flexibility index (Phi) is 169. The molecule has 0 aliphatic rings. The first-order chi connectivity index (χ1) is 15.9. The Balaban J connectivity index is -0.0000000198. The van der Waals surface area contributed by atoms with Gasteiger partial charge in [-0.2, -0.15) is 14.2 Å². The van der Waals surface area contributed by atoms with Gasteiger partial charge in [0.05, 0.1) is 0 Å². The molecule has 0 saturated heterocycles. The monoisotopic (exact) mass is 896 g/mol. The van der Waals surface area contributed by atoms with E-state index < -0.39 is 48.8 Å². The van der Waals surface area contributed by atoms with Gasteiger partial charge < -0.3 is 51.1 Å². The molecule has 10 nitrogen and oxygen atoms in total. The molecule has 0 unspecified atom stereocenters. The van der Waals surface area contributed by atoms with E-state index >= 15 is 0 Å². The fourth-order valence-electron chi connectivity index (χ4n) is 0. The first-order valence-electron chi connectivity index (χ1n) is 11.9. The average Bonchev–Trinajstić information content (AvgIpc) is 2.53. The summed E-state index contributed by atoms with van der Waals surface area (Å²) in [6, 6.07) is 0. The molecule has 0 amide bonds. The van der Waals surface area contributed by atoms with E-state index in [2.05, 4.69) is 0 Å². The van der Waals surface area contributed by atoms with Crippen LogP contribution in [0.4, 0.5) is 0 Å². The number of rotatable bonds is 0. The molecule has 0 heterocycles. The summed E-state index contributed by atoms with van der Waals surface area (Å²) in [6.07, 6.45) is -3.33. The topological polar surface area (TPSA) is 231 Å². The van der Waals surface area contributed by atoms with Crippen molar-refractivity contribution in [2.75, 3.05) is 14.2 Å². The van der Waals surface area contributed by atoms with E-state index in [1.165, 1.54) is 0 Å². The van der Waals surface area contributed by atoms with Crippen LogP contribution in [0.2, 0.25) is 0 Å². The predicted molar refractivity (Wildman–Crippen MR) is 133 cm³/mol. The third kappa shape index (κ3) is 41300. The largest absolute Gasteiger partial charge is 5.00 e. The normalized spacial score (nSPS) is 7.89. The van der Waals surface area contributed by atoms with E-state index in [1.807, 2.05) is 0 Å². The Morgan fingerprint density at radius 2 is 0.211 bits per heavy atom. The van der Waals surface area contributed by atoms with Crippen molar-refractivity contribution in [1.29, 1.82) is 0 Å². The van der Waals surface area contributed by atoms with Gasteiger partial charge in [-0.25, -0.2) is 0 Å². The average molecular weight is 897 g/mol. The fraction of sp³-hybridized carbons (Fsp3) is 1.00. The molecule has 0 aliphatic heterocycles. The molecular weight excluding hydrogens is 834 g/mol. The van der Waals surface area contributed by atoms with Crippen molar-refractivity contribution in [3.8, 4) is 0 Å². The molecule has 0 spiro atoms. The molecule has 0 N–H and O–H groups in total. The van der Waals surface area contributed by atoms with Crippen molar-refractivity contribution in [2.24, 2.45) is 0 Å². The second-order valence-electron chi connectivity index (χ2n) is 8.39. The van der Waals surface area contributed by atoms with Crippen molar-refractivity contribution in [2.45, 2.75) is 160 Å². The van der Waals surface area contributed by atoms with Gasteiger partial charge in [-0.1, -0.05) is 111 Å². The molecule has 0 aromatic carbocycles. The fourth-order valence-corrected chi connectivity index (χ4v) is 0. The van der Waals surface area contributed by atoms with E-state index in [0.717, 1.165) is 14.2 Å². The van der Waals surface area contributed by atoms with E-state index in [1.54, 1.807) is 111 Å². The molecule has 0 saturated carbocycles. The number of hydrogen-bond donors (Lipinski definition) is 0. The molecular formula is C26H62O10Ta2. The minimum Gasteiger partial charge on any atom is -0.857 e. The van der Waals surface area contributed by atoms with Crippen LogP contribution in [0.5, 0.6) is 0 Å². The summed E-state index contributed by atoms with van der Waals surface area (Å²) >= 11 is 0. The molecule has 0 aliphatic carbocycles. The second-order valence-corrected chi connectivity index (χ2v) is 8.39. The van der Waals surface area contributed by atoms with E-state index in [-0.39, 0.29) is 44.8 Å². The Morgan fingerprint density at radius 1 is 0.211 bits per heavy atom. The maximum absolute atomic E-state index is 9.53. The van der Waals surface area contributed by atoms with Crippen LogP contribution in [0.15, 0.2) is 0 Å². The van der Waals surface area contributed by atoms with Crippen LogP contribution in [0.3, 0.4) is 0 Å². The Labute approximate surface area is 268 Å². The SMILES string of the molecule is CC(C)[O-].CC(C)[O-].CC(C)[O-].CC(C)[O-].CC(C)[O-].CC(C)[O-].CC(C)[O-].CC(C)[O-].C[O-].C[O-].[Ta+5].[Ta+5]. The molecule has 12 heteroatoms. The summed E-state index contributed by atoms with van der Waals surface area (Å²) in [7, 11) is 1.50. The summed E-state index contributed by atoms with van der Waals surface area (Å²) in [6.45, 7) is 25.8. The van der Waals surface area contributed by atoms with E-state index in [0.29, 0.717) is 0 Å². The summed E-state index contributed by atoms with van der Waals surface area (Å²) in [4.78, 5) is 0. The minimum atomic E-state index is -0.417. The zero-order chi connectivity index (χ0) is 32.6. The zero-order valence-corrected chi connectivity index (χ0v) is 34.0. The van der Waals surface area contributed by atoms with Crippen LogP contribution in [0.1, 0.15) is 111 Å². The molecule has 0 rings (SSSR count). The van der Waals surface area contributed by atoms with Gasteiger partial charge in [-0.05, 0) is 0 Å². The first-order valence-corrected chi connectivity index (χ1v) is 11.9.